The summed E-state index contributed by atoms with van der Waals surface area (Å²) in [5, 5.41) is 8.52. The van der Waals surface area contributed by atoms with Gasteiger partial charge in [0.15, 0.2) is 5.82 Å². The van der Waals surface area contributed by atoms with Gasteiger partial charge in [-0.15, -0.1) is 10.2 Å². The Kier molecular flexibility index (Phi) is 4.93. The molecule has 1 aliphatic heterocycles. The van der Waals surface area contributed by atoms with Crippen LogP contribution in [0, 0.1) is 6.92 Å². The minimum Gasteiger partial charge on any atom is -0.486 e. The second kappa shape index (κ2) is 7.10. The van der Waals surface area contributed by atoms with E-state index in [9.17, 15) is 0 Å². The van der Waals surface area contributed by atoms with Crippen LogP contribution in [0.4, 0.5) is 0 Å². The molecule has 0 spiro atoms. The number of ether oxygens (including phenoxy) is 2. The monoisotopic (exact) mass is 316 g/mol. The Morgan fingerprint density at radius 3 is 2.87 bits per heavy atom. The summed E-state index contributed by atoms with van der Waals surface area (Å²) in [5.41, 5.74) is 7.03. The number of aryl methyl sites for hydroxylation is 1. The summed E-state index contributed by atoms with van der Waals surface area (Å²) in [6.07, 6.45) is 2.93. The maximum Gasteiger partial charge on any atom is 0.170 e. The quantitative estimate of drug-likeness (QED) is 0.909. The Balaban J connectivity index is 1.58. The molecule has 1 fully saturated rings. The Labute approximate surface area is 136 Å². The predicted molar refractivity (Wildman–Crippen MR) is 87.2 cm³/mol. The summed E-state index contributed by atoms with van der Waals surface area (Å²) in [7, 11) is 1.97. The molecule has 6 heteroatoms. The van der Waals surface area contributed by atoms with Crippen molar-refractivity contribution in [2.24, 2.45) is 12.8 Å². The summed E-state index contributed by atoms with van der Waals surface area (Å²) >= 11 is 0. The highest BCUT2D eigenvalue weighted by molar-refractivity contribution is 5.27. The van der Waals surface area contributed by atoms with Crippen LogP contribution >= 0.6 is 0 Å². The third-order valence-electron chi connectivity index (χ3n) is 4.23. The SMILES string of the molecule is Cc1cccc(OCc2nnc(C[C@@H]3CC[C@@H](N)CO3)n2C)c1. The van der Waals surface area contributed by atoms with E-state index in [1.165, 1.54) is 5.56 Å². The van der Waals surface area contributed by atoms with Crippen LogP contribution in [0.1, 0.15) is 30.1 Å². The van der Waals surface area contributed by atoms with Gasteiger partial charge in [-0.3, -0.25) is 0 Å². The van der Waals surface area contributed by atoms with Crippen LogP contribution in [0.15, 0.2) is 24.3 Å². The number of aromatic nitrogens is 3. The molecule has 6 nitrogen and oxygen atoms in total. The molecule has 1 aromatic carbocycles. The van der Waals surface area contributed by atoms with Crippen molar-refractivity contribution in [3.8, 4) is 5.75 Å². The number of hydrogen-bond acceptors (Lipinski definition) is 5. The molecule has 2 atom stereocenters. The van der Waals surface area contributed by atoms with Gasteiger partial charge in [-0.05, 0) is 37.5 Å². The standard InChI is InChI=1S/C17H24N4O2/c1-12-4-3-5-14(8-12)23-11-17-20-19-16(21(17)2)9-15-7-6-13(18)10-22-15/h3-5,8,13,15H,6-7,9-11,18H2,1-2H3/t13-,15+/m1/s1. The van der Waals surface area contributed by atoms with E-state index in [1.807, 2.05) is 42.8 Å². The van der Waals surface area contributed by atoms with Crippen LogP contribution in [-0.2, 0) is 24.8 Å². The number of benzene rings is 1. The smallest absolute Gasteiger partial charge is 0.170 e. The Morgan fingerprint density at radius 2 is 2.13 bits per heavy atom. The van der Waals surface area contributed by atoms with Crippen molar-refractivity contribution in [3.05, 3.63) is 41.5 Å². The van der Waals surface area contributed by atoms with Gasteiger partial charge >= 0.3 is 0 Å². The minimum absolute atomic E-state index is 0.170. The molecule has 1 aliphatic rings. The molecule has 0 radical (unpaired) electrons. The maximum absolute atomic E-state index is 5.86. The zero-order valence-corrected chi connectivity index (χ0v) is 13.7. The molecule has 1 saturated heterocycles. The highest BCUT2D eigenvalue weighted by atomic mass is 16.5. The van der Waals surface area contributed by atoms with Crippen molar-refractivity contribution < 1.29 is 9.47 Å². The molecule has 0 bridgehead atoms. The summed E-state index contributed by atoms with van der Waals surface area (Å²) in [6.45, 7) is 3.08. The predicted octanol–water partition coefficient (Wildman–Crippen LogP) is 1.75. The van der Waals surface area contributed by atoms with Crippen molar-refractivity contribution >= 4 is 0 Å². The Bertz CT molecular complexity index is 648. The molecule has 2 heterocycles. The average Bonchev–Trinajstić information content (AvgIpc) is 2.88. The van der Waals surface area contributed by atoms with Gasteiger partial charge in [0.25, 0.3) is 0 Å². The van der Waals surface area contributed by atoms with Gasteiger partial charge in [-0.2, -0.15) is 0 Å². The fourth-order valence-corrected chi connectivity index (χ4v) is 2.75. The Morgan fingerprint density at radius 1 is 1.30 bits per heavy atom. The zero-order chi connectivity index (χ0) is 16.2. The van der Waals surface area contributed by atoms with E-state index < -0.39 is 0 Å². The molecular weight excluding hydrogens is 292 g/mol. The lowest BCUT2D eigenvalue weighted by Crippen LogP contribution is -2.36. The van der Waals surface area contributed by atoms with E-state index in [-0.39, 0.29) is 12.1 Å². The highest BCUT2D eigenvalue weighted by Gasteiger charge is 2.21. The molecule has 1 aromatic heterocycles. The molecule has 124 valence electrons. The first kappa shape index (κ1) is 16.0. The first-order valence-electron chi connectivity index (χ1n) is 8.05. The van der Waals surface area contributed by atoms with E-state index in [2.05, 4.69) is 10.2 Å². The molecule has 0 aliphatic carbocycles. The van der Waals surface area contributed by atoms with Gasteiger partial charge in [0.1, 0.15) is 18.2 Å². The molecule has 0 amide bonds. The summed E-state index contributed by atoms with van der Waals surface area (Å²) in [4.78, 5) is 0. The van der Waals surface area contributed by atoms with E-state index in [1.54, 1.807) is 0 Å². The molecular formula is C17H24N4O2. The van der Waals surface area contributed by atoms with Crippen molar-refractivity contribution in [1.82, 2.24) is 14.8 Å². The van der Waals surface area contributed by atoms with Crippen LogP contribution in [0.2, 0.25) is 0 Å². The summed E-state index contributed by atoms with van der Waals surface area (Å²) in [6, 6.07) is 8.16. The number of nitrogens with zero attached hydrogens (tertiary/aromatic N) is 3. The lowest BCUT2D eigenvalue weighted by molar-refractivity contribution is 0.00461. The van der Waals surface area contributed by atoms with Crippen LogP contribution in [-0.4, -0.2) is 33.5 Å². The van der Waals surface area contributed by atoms with Gasteiger partial charge in [-0.25, -0.2) is 0 Å². The third kappa shape index (κ3) is 4.09. The second-order valence-electron chi connectivity index (χ2n) is 6.19. The molecule has 2 aromatic rings. The van der Waals surface area contributed by atoms with Gasteiger partial charge in [-0.1, -0.05) is 12.1 Å². The second-order valence-corrected chi connectivity index (χ2v) is 6.19. The van der Waals surface area contributed by atoms with E-state index in [0.29, 0.717) is 13.2 Å². The van der Waals surface area contributed by atoms with E-state index in [0.717, 1.165) is 36.7 Å². The van der Waals surface area contributed by atoms with Gasteiger partial charge in [0.2, 0.25) is 0 Å². The summed E-state index contributed by atoms with van der Waals surface area (Å²) in [5.74, 6) is 2.58. The largest absolute Gasteiger partial charge is 0.486 e. The lowest BCUT2D eigenvalue weighted by Gasteiger charge is -2.26. The van der Waals surface area contributed by atoms with Crippen LogP contribution in [0.25, 0.3) is 0 Å². The fraction of sp³-hybridized carbons (Fsp3) is 0.529. The molecule has 0 saturated carbocycles. The molecule has 23 heavy (non-hydrogen) atoms. The van der Waals surface area contributed by atoms with Gasteiger partial charge < -0.3 is 19.8 Å². The zero-order valence-electron chi connectivity index (χ0n) is 13.7. The minimum atomic E-state index is 0.170. The van der Waals surface area contributed by atoms with Gasteiger partial charge in [0, 0.05) is 19.5 Å². The van der Waals surface area contributed by atoms with Crippen molar-refractivity contribution in [2.75, 3.05) is 6.61 Å². The molecule has 0 unspecified atom stereocenters. The summed E-state index contributed by atoms with van der Waals surface area (Å²) < 4.78 is 13.6. The lowest BCUT2D eigenvalue weighted by atomic mass is 10.0. The number of hydrogen-bond donors (Lipinski definition) is 1. The first-order chi connectivity index (χ1) is 11.1. The van der Waals surface area contributed by atoms with Crippen LogP contribution in [0.3, 0.4) is 0 Å². The molecule has 2 N–H and O–H groups in total. The van der Waals surface area contributed by atoms with E-state index in [4.69, 9.17) is 15.2 Å². The molecule has 3 rings (SSSR count). The number of nitrogens with two attached hydrogens (primary N) is 1. The van der Waals surface area contributed by atoms with Crippen LogP contribution in [0.5, 0.6) is 5.75 Å². The average molecular weight is 316 g/mol. The first-order valence-corrected chi connectivity index (χ1v) is 8.05. The topological polar surface area (TPSA) is 75.2 Å². The van der Waals surface area contributed by atoms with Crippen molar-refractivity contribution in [3.63, 3.8) is 0 Å². The number of rotatable bonds is 5. The van der Waals surface area contributed by atoms with Crippen molar-refractivity contribution in [2.45, 2.75) is 44.9 Å². The van der Waals surface area contributed by atoms with E-state index >= 15 is 0 Å². The van der Waals surface area contributed by atoms with Crippen molar-refractivity contribution in [1.29, 1.82) is 0 Å². The normalized spacial score (nSPS) is 21.3. The van der Waals surface area contributed by atoms with Gasteiger partial charge in [0.05, 0.1) is 12.7 Å². The Hall–Kier alpha value is -1.92. The fourth-order valence-electron chi connectivity index (χ4n) is 2.75. The highest BCUT2D eigenvalue weighted by Crippen LogP contribution is 2.17. The maximum atomic E-state index is 5.86. The third-order valence-corrected chi connectivity index (χ3v) is 4.23. The van der Waals surface area contributed by atoms with Crippen LogP contribution < -0.4 is 10.5 Å².